The van der Waals surface area contributed by atoms with E-state index in [1.54, 1.807) is 11.1 Å². The Hall–Kier alpha value is -0.900. The van der Waals surface area contributed by atoms with Crippen molar-refractivity contribution in [3.8, 4) is 0 Å². The lowest BCUT2D eigenvalue weighted by atomic mass is 9.77. The number of rotatable bonds is 7. The Morgan fingerprint density at radius 1 is 0.952 bits per heavy atom. The van der Waals surface area contributed by atoms with Crippen LogP contribution in [0.2, 0.25) is 0 Å². The number of piperazine rings is 1. The summed E-state index contributed by atoms with van der Waals surface area (Å²) < 4.78 is 0. The smallest absolute Gasteiger partial charge is 0.0110 e. The van der Waals surface area contributed by atoms with E-state index >= 15 is 0 Å². The number of benzene rings is 1. The van der Waals surface area contributed by atoms with Gasteiger partial charge in [-0.15, -0.1) is 0 Å². The van der Waals surface area contributed by atoms with Crippen LogP contribution in [0.5, 0.6) is 0 Å². The third-order valence-corrected chi connectivity index (χ3v) is 5.08. The van der Waals surface area contributed by atoms with Crippen molar-refractivity contribution in [3.05, 3.63) is 35.4 Å². The Morgan fingerprint density at radius 3 is 2.48 bits per heavy atom. The predicted octanol–water partition coefficient (Wildman–Crippen LogP) is 2.07. The zero-order valence-electron chi connectivity index (χ0n) is 13.1. The molecule has 0 amide bonds. The number of fused-ring (bicyclic) bond motifs is 1. The highest BCUT2D eigenvalue weighted by molar-refractivity contribution is 5.40. The number of nitrogens with zero attached hydrogens (tertiary/aromatic N) is 2. The highest BCUT2D eigenvalue weighted by Gasteiger charge is 2.28. The minimum absolute atomic E-state index is 0.789. The fourth-order valence-electron chi connectivity index (χ4n) is 3.69. The van der Waals surface area contributed by atoms with E-state index < -0.39 is 0 Å². The third-order valence-electron chi connectivity index (χ3n) is 5.08. The molecule has 1 aliphatic carbocycles. The summed E-state index contributed by atoms with van der Waals surface area (Å²) in [6.07, 6.45) is 5.07. The summed E-state index contributed by atoms with van der Waals surface area (Å²) in [6, 6.07) is 8.95. The number of hydrogen-bond donors (Lipinski definition) is 1. The van der Waals surface area contributed by atoms with Crippen LogP contribution in [-0.2, 0) is 6.42 Å². The highest BCUT2D eigenvalue weighted by Crippen LogP contribution is 2.35. The minimum Gasteiger partial charge on any atom is -0.330 e. The molecule has 1 saturated heterocycles. The van der Waals surface area contributed by atoms with E-state index in [1.807, 2.05) is 0 Å². The molecule has 3 heteroatoms. The first kappa shape index (κ1) is 15.0. The molecule has 1 atom stereocenters. The third kappa shape index (κ3) is 3.85. The Labute approximate surface area is 129 Å². The van der Waals surface area contributed by atoms with Crippen LogP contribution in [0.1, 0.15) is 36.3 Å². The molecule has 1 fully saturated rings. The van der Waals surface area contributed by atoms with Crippen LogP contribution >= 0.6 is 0 Å². The van der Waals surface area contributed by atoms with Gasteiger partial charge in [-0.3, -0.25) is 0 Å². The molecule has 0 saturated carbocycles. The van der Waals surface area contributed by atoms with Gasteiger partial charge in [-0.25, -0.2) is 0 Å². The molecule has 2 aliphatic rings. The zero-order valence-corrected chi connectivity index (χ0v) is 13.1. The quantitative estimate of drug-likeness (QED) is 0.779. The van der Waals surface area contributed by atoms with Crippen molar-refractivity contribution < 1.29 is 0 Å². The second kappa shape index (κ2) is 7.39. The standard InChI is InChI=1S/C18H29N3/c19-8-4-1-5-9-20-10-12-21(13-11-20)15-17-14-16-6-2-3-7-18(16)17/h2-3,6-7,17H,1,4-5,8-15,19H2. The van der Waals surface area contributed by atoms with Crippen molar-refractivity contribution in [3.63, 3.8) is 0 Å². The Bertz CT molecular complexity index is 438. The molecule has 1 aliphatic heterocycles. The SMILES string of the molecule is NCCCCCN1CCN(CC2Cc3ccccc32)CC1. The lowest BCUT2D eigenvalue weighted by Gasteiger charge is -2.39. The van der Waals surface area contributed by atoms with E-state index in [2.05, 4.69) is 34.1 Å². The van der Waals surface area contributed by atoms with Gasteiger partial charge >= 0.3 is 0 Å². The molecule has 21 heavy (non-hydrogen) atoms. The first-order valence-corrected chi connectivity index (χ1v) is 8.59. The van der Waals surface area contributed by atoms with Crippen LogP contribution in [0.4, 0.5) is 0 Å². The molecule has 0 bridgehead atoms. The normalized spacial score (nSPS) is 22.8. The fraction of sp³-hybridized carbons (Fsp3) is 0.667. The van der Waals surface area contributed by atoms with Crippen LogP contribution in [0.15, 0.2) is 24.3 Å². The first-order valence-electron chi connectivity index (χ1n) is 8.59. The van der Waals surface area contributed by atoms with E-state index in [0.717, 1.165) is 12.5 Å². The number of hydrogen-bond acceptors (Lipinski definition) is 3. The van der Waals surface area contributed by atoms with Gasteiger partial charge in [-0.2, -0.15) is 0 Å². The highest BCUT2D eigenvalue weighted by atomic mass is 15.3. The van der Waals surface area contributed by atoms with E-state index in [4.69, 9.17) is 5.73 Å². The average molecular weight is 287 g/mol. The van der Waals surface area contributed by atoms with E-state index in [1.165, 1.54) is 65.0 Å². The molecular formula is C18H29N3. The number of nitrogens with two attached hydrogens (primary N) is 1. The second-order valence-corrected chi connectivity index (χ2v) is 6.59. The fourth-order valence-corrected chi connectivity index (χ4v) is 3.69. The Morgan fingerprint density at radius 2 is 1.71 bits per heavy atom. The van der Waals surface area contributed by atoms with Gasteiger partial charge in [0.15, 0.2) is 0 Å². The molecule has 1 aromatic rings. The second-order valence-electron chi connectivity index (χ2n) is 6.59. The average Bonchev–Trinajstić information content (AvgIpc) is 2.51. The van der Waals surface area contributed by atoms with Crippen molar-refractivity contribution in [2.75, 3.05) is 45.8 Å². The Balaban J connectivity index is 1.35. The maximum Gasteiger partial charge on any atom is 0.0110 e. The van der Waals surface area contributed by atoms with E-state index in [0.29, 0.717) is 0 Å². The molecule has 0 radical (unpaired) electrons. The summed E-state index contributed by atoms with van der Waals surface area (Å²) in [7, 11) is 0. The van der Waals surface area contributed by atoms with Gasteiger partial charge in [0.25, 0.3) is 0 Å². The van der Waals surface area contributed by atoms with Crippen molar-refractivity contribution in [2.24, 2.45) is 5.73 Å². The maximum atomic E-state index is 5.54. The first-order chi connectivity index (χ1) is 10.4. The molecule has 0 aromatic heterocycles. The van der Waals surface area contributed by atoms with Gasteiger partial charge in [-0.1, -0.05) is 30.7 Å². The number of unbranched alkanes of at least 4 members (excludes halogenated alkanes) is 2. The zero-order chi connectivity index (χ0) is 14.5. The van der Waals surface area contributed by atoms with Crippen molar-refractivity contribution >= 4 is 0 Å². The van der Waals surface area contributed by atoms with Crippen LogP contribution in [0, 0.1) is 0 Å². The molecule has 0 spiro atoms. The van der Waals surface area contributed by atoms with Crippen molar-refractivity contribution in [2.45, 2.75) is 31.6 Å². The van der Waals surface area contributed by atoms with E-state index in [9.17, 15) is 0 Å². The molecular weight excluding hydrogens is 258 g/mol. The van der Waals surface area contributed by atoms with Crippen LogP contribution < -0.4 is 5.73 Å². The Kier molecular flexibility index (Phi) is 5.28. The summed E-state index contributed by atoms with van der Waals surface area (Å²) in [5.74, 6) is 0.789. The largest absolute Gasteiger partial charge is 0.330 e. The molecule has 116 valence electrons. The molecule has 2 N–H and O–H groups in total. The summed E-state index contributed by atoms with van der Waals surface area (Å²) in [5.41, 5.74) is 8.71. The van der Waals surface area contributed by atoms with Gasteiger partial charge in [0, 0.05) is 38.6 Å². The van der Waals surface area contributed by atoms with Crippen molar-refractivity contribution in [1.82, 2.24) is 9.80 Å². The monoisotopic (exact) mass is 287 g/mol. The predicted molar refractivity (Wildman–Crippen MR) is 88.7 cm³/mol. The maximum absolute atomic E-state index is 5.54. The van der Waals surface area contributed by atoms with Gasteiger partial charge in [0.1, 0.15) is 0 Å². The van der Waals surface area contributed by atoms with Gasteiger partial charge < -0.3 is 15.5 Å². The summed E-state index contributed by atoms with van der Waals surface area (Å²) in [4.78, 5) is 5.29. The van der Waals surface area contributed by atoms with Crippen molar-refractivity contribution in [1.29, 1.82) is 0 Å². The molecule has 1 unspecified atom stereocenters. The minimum atomic E-state index is 0.789. The van der Waals surface area contributed by atoms with Gasteiger partial charge in [0.2, 0.25) is 0 Å². The lowest BCUT2D eigenvalue weighted by Crippen LogP contribution is -2.48. The van der Waals surface area contributed by atoms with Crippen LogP contribution in [-0.4, -0.2) is 55.6 Å². The summed E-state index contributed by atoms with van der Waals surface area (Å²) in [6.45, 7) is 8.36. The molecule has 3 rings (SSSR count). The lowest BCUT2D eigenvalue weighted by molar-refractivity contribution is 0.123. The molecule has 1 aromatic carbocycles. The van der Waals surface area contributed by atoms with Gasteiger partial charge in [-0.05, 0) is 43.5 Å². The van der Waals surface area contributed by atoms with Gasteiger partial charge in [0.05, 0.1) is 0 Å². The summed E-state index contributed by atoms with van der Waals surface area (Å²) in [5, 5.41) is 0. The van der Waals surface area contributed by atoms with E-state index in [-0.39, 0.29) is 0 Å². The van der Waals surface area contributed by atoms with Crippen LogP contribution in [0.3, 0.4) is 0 Å². The van der Waals surface area contributed by atoms with Crippen LogP contribution in [0.25, 0.3) is 0 Å². The topological polar surface area (TPSA) is 32.5 Å². The summed E-state index contributed by atoms with van der Waals surface area (Å²) >= 11 is 0. The molecule has 1 heterocycles. The molecule has 3 nitrogen and oxygen atoms in total.